The quantitative estimate of drug-likeness (QED) is 0.909. The van der Waals surface area contributed by atoms with E-state index in [1.807, 2.05) is 6.07 Å². The monoisotopic (exact) mass is 341 g/mol. The third-order valence-electron chi connectivity index (χ3n) is 3.93. The maximum Gasteiger partial charge on any atom is 0.123 e. The molecule has 2 N–H and O–H groups in total. The minimum absolute atomic E-state index is 0.304. The zero-order chi connectivity index (χ0) is 18.2. The molecule has 1 aliphatic rings. The summed E-state index contributed by atoms with van der Waals surface area (Å²) < 4.78 is 17.8. The van der Waals surface area contributed by atoms with Crippen LogP contribution < -0.4 is 10.6 Å². The lowest BCUT2D eigenvalue weighted by atomic mass is 10.1. The molecule has 2 aromatic carbocycles. The predicted molar refractivity (Wildman–Crippen MR) is 97.7 cm³/mol. The molecule has 1 fully saturated rings. The number of nitriles is 1. The van der Waals surface area contributed by atoms with Gasteiger partial charge in [0.2, 0.25) is 0 Å². The third-order valence-corrected chi connectivity index (χ3v) is 3.93. The number of nitrogens with two attached hydrogens (primary N) is 1. The highest BCUT2D eigenvalue weighted by Crippen LogP contribution is 2.20. The summed E-state index contributed by atoms with van der Waals surface area (Å²) in [6.45, 7) is 6.78. The molecule has 0 saturated carbocycles. The normalized spacial score (nSPS) is 19.6. The van der Waals surface area contributed by atoms with Gasteiger partial charge in [0.25, 0.3) is 0 Å². The van der Waals surface area contributed by atoms with Crippen LogP contribution in [0.1, 0.15) is 25.0 Å². The Kier molecular flexibility index (Phi) is 6.93. The Hall–Kier alpha value is -2.42. The number of ether oxygens (including phenoxy) is 1. The van der Waals surface area contributed by atoms with E-state index >= 15 is 0 Å². The molecule has 2 atom stereocenters. The lowest BCUT2D eigenvalue weighted by Crippen LogP contribution is -2.45. The van der Waals surface area contributed by atoms with Crippen LogP contribution in [-0.2, 0) is 11.3 Å². The highest BCUT2D eigenvalue weighted by atomic mass is 19.1. The molecule has 0 amide bonds. The van der Waals surface area contributed by atoms with Gasteiger partial charge in [0.1, 0.15) is 5.82 Å². The summed E-state index contributed by atoms with van der Waals surface area (Å²) in [7, 11) is 0. The molecule has 0 radical (unpaired) electrons. The molecule has 0 spiro atoms. The number of hydrogen-bond acceptors (Lipinski definition) is 4. The van der Waals surface area contributed by atoms with Gasteiger partial charge >= 0.3 is 0 Å². The van der Waals surface area contributed by atoms with Crippen LogP contribution in [0.4, 0.5) is 10.1 Å². The Labute approximate surface area is 148 Å². The first-order valence-corrected chi connectivity index (χ1v) is 8.37. The van der Waals surface area contributed by atoms with Crippen LogP contribution in [0.2, 0.25) is 0 Å². The molecule has 25 heavy (non-hydrogen) atoms. The Morgan fingerprint density at radius 2 is 1.64 bits per heavy atom. The second-order valence-corrected chi connectivity index (χ2v) is 6.15. The van der Waals surface area contributed by atoms with E-state index in [4.69, 9.17) is 15.7 Å². The molecule has 132 valence electrons. The Balaban J connectivity index is 0.000000212. The highest BCUT2D eigenvalue weighted by Gasteiger charge is 2.22. The average molecular weight is 341 g/mol. The summed E-state index contributed by atoms with van der Waals surface area (Å²) in [6, 6.07) is 15.8. The molecule has 2 unspecified atom stereocenters. The van der Waals surface area contributed by atoms with Crippen molar-refractivity contribution in [3.8, 4) is 6.07 Å². The van der Waals surface area contributed by atoms with Crippen molar-refractivity contribution < 1.29 is 9.13 Å². The maximum absolute atomic E-state index is 12.1. The number of benzene rings is 2. The molecule has 0 aromatic heterocycles. The summed E-state index contributed by atoms with van der Waals surface area (Å²) in [5, 5.41) is 8.26. The molecule has 0 bridgehead atoms. The van der Waals surface area contributed by atoms with Gasteiger partial charge in [-0.15, -0.1) is 0 Å². The van der Waals surface area contributed by atoms with Crippen molar-refractivity contribution in [3.63, 3.8) is 0 Å². The number of morpholine rings is 1. The first-order chi connectivity index (χ1) is 12.0. The summed E-state index contributed by atoms with van der Waals surface area (Å²) in [5.41, 5.74) is 8.51. The van der Waals surface area contributed by atoms with E-state index < -0.39 is 0 Å². The van der Waals surface area contributed by atoms with Crippen LogP contribution in [-0.4, -0.2) is 25.3 Å². The molecular formula is C20H24FN3O. The van der Waals surface area contributed by atoms with Crippen LogP contribution in [0, 0.1) is 17.1 Å². The fourth-order valence-electron chi connectivity index (χ4n) is 2.76. The van der Waals surface area contributed by atoms with Crippen molar-refractivity contribution in [2.45, 2.75) is 32.6 Å². The standard InChI is InChI=1S/C13H20N2O.C7H4FN/c1-10-8-15(9-11(2)16-10)13-5-3-12(7-14)4-6-13;8-7-3-1-6(5-9)2-4-7/h3-6,10-11H,7-9,14H2,1-2H3;1-4H. The lowest BCUT2D eigenvalue weighted by Gasteiger charge is -2.36. The van der Waals surface area contributed by atoms with E-state index in [9.17, 15) is 4.39 Å². The molecule has 1 saturated heterocycles. The summed E-state index contributed by atoms with van der Waals surface area (Å²) >= 11 is 0. The minimum Gasteiger partial charge on any atom is -0.372 e. The van der Waals surface area contributed by atoms with E-state index in [1.165, 1.54) is 35.5 Å². The van der Waals surface area contributed by atoms with Gasteiger partial charge in [-0.1, -0.05) is 12.1 Å². The zero-order valence-electron chi connectivity index (χ0n) is 14.7. The van der Waals surface area contributed by atoms with Gasteiger partial charge in [-0.2, -0.15) is 5.26 Å². The van der Waals surface area contributed by atoms with Gasteiger partial charge in [0.15, 0.2) is 0 Å². The summed E-state index contributed by atoms with van der Waals surface area (Å²) in [4.78, 5) is 2.37. The predicted octanol–water partition coefficient (Wildman–Crippen LogP) is 3.46. The topological polar surface area (TPSA) is 62.3 Å². The Morgan fingerprint density at radius 3 is 2.12 bits per heavy atom. The number of nitrogens with zero attached hydrogens (tertiary/aromatic N) is 2. The number of rotatable bonds is 2. The van der Waals surface area contributed by atoms with E-state index in [0.29, 0.717) is 24.3 Å². The Bertz CT molecular complexity index is 684. The van der Waals surface area contributed by atoms with Crippen molar-refractivity contribution >= 4 is 5.69 Å². The van der Waals surface area contributed by atoms with E-state index in [0.717, 1.165) is 13.1 Å². The van der Waals surface area contributed by atoms with Crippen molar-refractivity contribution in [1.29, 1.82) is 5.26 Å². The molecule has 1 aliphatic heterocycles. The van der Waals surface area contributed by atoms with Gasteiger partial charge in [-0.3, -0.25) is 0 Å². The average Bonchev–Trinajstić information content (AvgIpc) is 2.62. The molecule has 0 aliphatic carbocycles. The number of halogens is 1. The fourth-order valence-corrected chi connectivity index (χ4v) is 2.76. The molecular weight excluding hydrogens is 317 g/mol. The lowest BCUT2D eigenvalue weighted by molar-refractivity contribution is -0.00521. The molecule has 4 nitrogen and oxygen atoms in total. The van der Waals surface area contributed by atoms with Gasteiger partial charge in [-0.05, 0) is 55.8 Å². The van der Waals surface area contributed by atoms with Gasteiger partial charge in [0.05, 0.1) is 23.8 Å². The summed E-state index contributed by atoms with van der Waals surface area (Å²) in [5.74, 6) is -0.311. The molecule has 3 rings (SSSR count). The fraction of sp³-hybridized carbons (Fsp3) is 0.350. The first kappa shape index (κ1) is 18.9. The van der Waals surface area contributed by atoms with Crippen LogP contribution in [0.5, 0.6) is 0 Å². The van der Waals surface area contributed by atoms with Crippen molar-refractivity contribution in [2.24, 2.45) is 5.73 Å². The van der Waals surface area contributed by atoms with Crippen LogP contribution in [0.25, 0.3) is 0 Å². The second kappa shape index (κ2) is 9.16. The summed E-state index contributed by atoms with van der Waals surface area (Å²) in [6.07, 6.45) is 0.607. The van der Waals surface area contributed by atoms with Crippen molar-refractivity contribution in [2.75, 3.05) is 18.0 Å². The molecule has 5 heteroatoms. The number of anilines is 1. The number of hydrogen-bond donors (Lipinski definition) is 1. The Morgan fingerprint density at radius 1 is 1.08 bits per heavy atom. The maximum atomic E-state index is 12.1. The van der Waals surface area contributed by atoms with Crippen LogP contribution >= 0.6 is 0 Å². The SMILES string of the molecule is CC1CN(c2ccc(CN)cc2)CC(C)O1.N#Cc1ccc(F)cc1. The smallest absolute Gasteiger partial charge is 0.123 e. The van der Waals surface area contributed by atoms with Crippen molar-refractivity contribution in [1.82, 2.24) is 0 Å². The van der Waals surface area contributed by atoms with Crippen molar-refractivity contribution in [3.05, 3.63) is 65.5 Å². The second-order valence-electron chi connectivity index (χ2n) is 6.15. The largest absolute Gasteiger partial charge is 0.372 e. The van der Waals surface area contributed by atoms with Gasteiger partial charge < -0.3 is 15.4 Å². The van der Waals surface area contributed by atoms with Gasteiger partial charge in [-0.25, -0.2) is 4.39 Å². The van der Waals surface area contributed by atoms with E-state index in [2.05, 4.69) is 43.0 Å². The van der Waals surface area contributed by atoms with Gasteiger partial charge in [0, 0.05) is 25.3 Å². The van der Waals surface area contributed by atoms with Crippen LogP contribution in [0.15, 0.2) is 48.5 Å². The highest BCUT2D eigenvalue weighted by molar-refractivity contribution is 5.48. The zero-order valence-corrected chi connectivity index (χ0v) is 14.7. The molecule has 2 aromatic rings. The van der Waals surface area contributed by atoms with E-state index in [-0.39, 0.29) is 5.82 Å². The minimum atomic E-state index is -0.311. The first-order valence-electron chi connectivity index (χ1n) is 8.37. The van der Waals surface area contributed by atoms with E-state index in [1.54, 1.807) is 0 Å². The van der Waals surface area contributed by atoms with Crippen LogP contribution in [0.3, 0.4) is 0 Å². The molecule has 1 heterocycles. The third kappa shape index (κ3) is 5.86.